The Morgan fingerprint density at radius 3 is 2.59 bits per heavy atom. The van der Waals surface area contributed by atoms with E-state index < -0.39 is 0 Å². The Balaban J connectivity index is 1.92. The van der Waals surface area contributed by atoms with Crippen LogP contribution in [0.2, 0.25) is 10.0 Å². The minimum Gasteiger partial charge on any atom is -0.352 e. The van der Waals surface area contributed by atoms with Crippen LogP contribution in [0, 0.1) is 6.92 Å². The Morgan fingerprint density at radius 1 is 1.32 bits per heavy atom. The topological polar surface area (TPSA) is 32.3 Å². The van der Waals surface area contributed by atoms with Crippen LogP contribution < -0.4 is 5.32 Å². The maximum Gasteiger partial charge on any atom is 0.233 e. The van der Waals surface area contributed by atoms with E-state index in [-0.39, 0.29) is 17.2 Å². The molecule has 1 saturated heterocycles. The number of amides is 1. The summed E-state index contributed by atoms with van der Waals surface area (Å²) in [7, 11) is 2.11. The van der Waals surface area contributed by atoms with Crippen LogP contribution in [-0.2, 0) is 4.79 Å². The van der Waals surface area contributed by atoms with Gasteiger partial charge in [-0.25, -0.2) is 0 Å². The van der Waals surface area contributed by atoms with Crippen molar-refractivity contribution in [2.45, 2.75) is 42.9 Å². The number of thioether (sulfide) groups is 1. The van der Waals surface area contributed by atoms with Crippen molar-refractivity contribution >= 4 is 40.9 Å². The first-order chi connectivity index (χ1) is 10.4. The Hall–Kier alpha value is -0.420. The van der Waals surface area contributed by atoms with Crippen LogP contribution in [0.4, 0.5) is 0 Å². The van der Waals surface area contributed by atoms with Crippen LogP contribution >= 0.6 is 35.0 Å². The lowest BCUT2D eigenvalue weighted by atomic mass is 10.1. The average molecular weight is 361 g/mol. The van der Waals surface area contributed by atoms with Gasteiger partial charge in [-0.1, -0.05) is 23.2 Å². The van der Waals surface area contributed by atoms with Crippen molar-refractivity contribution in [3.05, 3.63) is 27.7 Å². The predicted octanol–water partition coefficient (Wildman–Crippen LogP) is 3.99. The molecule has 0 bridgehead atoms. The van der Waals surface area contributed by atoms with Gasteiger partial charge in [-0.05, 0) is 64.5 Å². The SMILES string of the molecule is Cc1cc(SC(C)C(=O)NC2CCN(C)CC2)c(Cl)cc1Cl. The number of hydrogen-bond donors (Lipinski definition) is 1. The molecule has 1 unspecified atom stereocenters. The van der Waals surface area contributed by atoms with E-state index in [1.807, 2.05) is 19.9 Å². The van der Waals surface area contributed by atoms with Crippen LogP contribution in [0.15, 0.2) is 17.0 Å². The molecule has 0 aromatic heterocycles. The number of likely N-dealkylation sites (tertiary alicyclic amines) is 1. The quantitative estimate of drug-likeness (QED) is 0.823. The molecular formula is C16H22Cl2N2OS. The first-order valence-electron chi connectivity index (χ1n) is 7.48. The van der Waals surface area contributed by atoms with Gasteiger partial charge in [-0.3, -0.25) is 4.79 Å². The Morgan fingerprint density at radius 2 is 1.95 bits per heavy atom. The summed E-state index contributed by atoms with van der Waals surface area (Å²) < 4.78 is 0. The zero-order chi connectivity index (χ0) is 16.3. The number of benzene rings is 1. The molecule has 1 fully saturated rings. The van der Waals surface area contributed by atoms with Gasteiger partial charge in [-0.2, -0.15) is 0 Å². The molecule has 1 N–H and O–H groups in total. The fraction of sp³-hybridized carbons (Fsp3) is 0.562. The Bertz CT molecular complexity index is 545. The number of nitrogens with one attached hydrogen (secondary N) is 1. The molecular weight excluding hydrogens is 339 g/mol. The summed E-state index contributed by atoms with van der Waals surface area (Å²) in [6.07, 6.45) is 2.03. The van der Waals surface area contributed by atoms with Crippen LogP contribution in [0.25, 0.3) is 0 Å². The van der Waals surface area contributed by atoms with Gasteiger partial charge >= 0.3 is 0 Å². The van der Waals surface area contributed by atoms with Gasteiger partial charge in [0.05, 0.1) is 10.3 Å². The van der Waals surface area contributed by atoms with Gasteiger partial charge in [0.2, 0.25) is 5.91 Å². The number of aryl methyl sites for hydroxylation is 1. The Kier molecular flexibility index (Phi) is 6.45. The van der Waals surface area contributed by atoms with Crippen molar-refractivity contribution in [2.24, 2.45) is 0 Å². The summed E-state index contributed by atoms with van der Waals surface area (Å²) in [6, 6.07) is 3.96. The van der Waals surface area contributed by atoms with E-state index in [1.54, 1.807) is 6.07 Å². The van der Waals surface area contributed by atoms with Crippen molar-refractivity contribution < 1.29 is 4.79 Å². The van der Waals surface area contributed by atoms with Gasteiger partial charge in [0.15, 0.2) is 0 Å². The molecule has 22 heavy (non-hydrogen) atoms. The molecule has 1 aliphatic rings. The molecule has 122 valence electrons. The number of rotatable bonds is 4. The van der Waals surface area contributed by atoms with Gasteiger partial charge in [0, 0.05) is 16.0 Å². The zero-order valence-corrected chi connectivity index (χ0v) is 15.5. The molecule has 1 aliphatic heterocycles. The molecule has 3 nitrogen and oxygen atoms in total. The monoisotopic (exact) mass is 360 g/mol. The number of halogens is 2. The first-order valence-corrected chi connectivity index (χ1v) is 9.11. The molecule has 0 radical (unpaired) electrons. The summed E-state index contributed by atoms with van der Waals surface area (Å²) in [5.74, 6) is 0.0724. The third kappa shape index (κ3) is 4.79. The van der Waals surface area contributed by atoms with E-state index in [0.717, 1.165) is 36.4 Å². The molecule has 6 heteroatoms. The standard InChI is InChI=1S/C16H22Cl2N2OS/c1-10-8-15(14(18)9-13(10)17)22-11(2)16(21)19-12-4-6-20(3)7-5-12/h8-9,11-12H,4-7H2,1-3H3,(H,19,21). The largest absolute Gasteiger partial charge is 0.352 e. The van der Waals surface area contributed by atoms with Crippen molar-refractivity contribution in [3.63, 3.8) is 0 Å². The second-order valence-corrected chi connectivity index (χ2v) is 8.08. The molecule has 1 amide bonds. The van der Waals surface area contributed by atoms with Crippen LogP contribution in [0.5, 0.6) is 0 Å². The van der Waals surface area contributed by atoms with Gasteiger partial charge in [0.1, 0.15) is 0 Å². The molecule has 0 aliphatic carbocycles. The van der Waals surface area contributed by atoms with Gasteiger partial charge in [-0.15, -0.1) is 11.8 Å². The summed E-state index contributed by atoms with van der Waals surface area (Å²) in [5, 5.41) is 4.21. The van der Waals surface area contributed by atoms with Gasteiger partial charge in [0.25, 0.3) is 0 Å². The minimum absolute atomic E-state index is 0.0724. The highest BCUT2D eigenvalue weighted by Crippen LogP contribution is 2.34. The predicted molar refractivity (Wildman–Crippen MR) is 95.2 cm³/mol. The molecule has 0 spiro atoms. The number of hydrogen-bond acceptors (Lipinski definition) is 3. The lowest BCUT2D eigenvalue weighted by Crippen LogP contribution is -2.45. The maximum atomic E-state index is 12.3. The van der Waals surface area contributed by atoms with Crippen molar-refractivity contribution in [2.75, 3.05) is 20.1 Å². The third-order valence-electron chi connectivity index (χ3n) is 3.95. The summed E-state index contributed by atoms with van der Waals surface area (Å²) in [5.41, 5.74) is 0.969. The van der Waals surface area contributed by atoms with E-state index in [2.05, 4.69) is 17.3 Å². The molecule has 1 atom stereocenters. The fourth-order valence-electron chi connectivity index (χ4n) is 2.44. The molecule has 2 rings (SSSR count). The van der Waals surface area contributed by atoms with Crippen molar-refractivity contribution in [1.29, 1.82) is 0 Å². The molecule has 0 saturated carbocycles. The lowest BCUT2D eigenvalue weighted by molar-refractivity contribution is -0.121. The summed E-state index contributed by atoms with van der Waals surface area (Å²) in [4.78, 5) is 15.5. The Labute approximate surface area is 146 Å². The van der Waals surface area contributed by atoms with Gasteiger partial charge < -0.3 is 10.2 Å². The number of carbonyl (C=O) groups is 1. The van der Waals surface area contributed by atoms with E-state index in [9.17, 15) is 4.79 Å². The smallest absolute Gasteiger partial charge is 0.233 e. The van der Waals surface area contributed by atoms with Crippen molar-refractivity contribution in [1.82, 2.24) is 10.2 Å². The van der Waals surface area contributed by atoms with E-state index in [1.165, 1.54) is 11.8 Å². The second-order valence-electron chi connectivity index (χ2n) is 5.88. The molecule has 1 aromatic rings. The minimum atomic E-state index is -0.183. The lowest BCUT2D eigenvalue weighted by Gasteiger charge is -2.30. The fourth-order valence-corrected chi connectivity index (χ4v) is 3.93. The second kappa shape index (κ2) is 7.91. The zero-order valence-electron chi connectivity index (χ0n) is 13.2. The van der Waals surface area contributed by atoms with E-state index in [4.69, 9.17) is 23.2 Å². The maximum absolute atomic E-state index is 12.3. The summed E-state index contributed by atoms with van der Waals surface area (Å²) >= 11 is 13.7. The van der Waals surface area contributed by atoms with Crippen LogP contribution in [0.3, 0.4) is 0 Å². The molecule has 1 aromatic carbocycles. The third-order valence-corrected chi connectivity index (χ3v) is 5.94. The highest BCUT2D eigenvalue weighted by molar-refractivity contribution is 8.00. The van der Waals surface area contributed by atoms with E-state index >= 15 is 0 Å². The number of piperidine rings is 1. The number of nitrogens with zero attached hydrogens (tertiary/aromatic N) is 1. The van der Waals surface area contributed by atoms with Crippen molar-refractivity contribution in [3.8, 4) is 0 Å². The van der Waals surface area contributed by atoms with Crippen LogP contribution in [0.1, 0.15) is 25.3 Å². The average Bonchev–Trinajstić information content (AvgIpc) is 2.47. The normalized spacial score (nSPS) is 18.2. The van der Waals surface area contributed by atoms with Crippen LogP contribution in [-0.4, -0.2) is 42.2 Å². The first kappa shape index (κ1) is 17.9. The highest BCUT2D eigenvalue weighted by atomic mass is 35.5. The molecule has 1 heterocycles. The highest BCUT2D eigenvalue weighted by Gasteiger charge is 2.22. The number of carbonyl (C=O) groups excluding carboxylic acids is 1. The van der Waals surface area contributed by atoms with E-state index in [0.29, 0.717) is 10.0 Å². The summed E-state index contributed by atoms with van der Waals surface area (Å²) in [6.45, 7) is 5.92.